The highest BCUT2D eigenvalue weighted by Crippen LogP contribution is 2.45. The van der Waals surface area contributed by atoms with E-state index in [1.165, 1.54) is 4.68 Å². The Hall–Kier alpha value is -3.10. The van der Waals surface area contributed by atoms with Crippen molar-refractivity contribution in [3.05, 3.63) is 40.5 Å². The standard InChI is InChI=1S/C23H27FN4O4/c1-23(2,3)32-22(31)27-9-8-15-19-14(10-18(29)25-11-17(19)27)26-28(15)16-7-6-13(12-4-5-12)20(24)21(16)30/h6-7,12,17,30H,4-5,8-11H2,1-3H3,(H,25,29). The van der Waals surface area contributed by atoms with E-state index in [0.29, 0.717) is 24.2 Å². The summed E-state index contributed by atoms with van der Waals surface area (Å²) in [6, 6.07) is 2.95. The van der Waals surface area contributed by atoms with Crippen LogP contribution in [0.3, 0.4) is 0 Å². The molecule has 1 aromatic carbocycles. The van der Waals surface area contributed by atoms with E-state index in [2.05, 4.69) is 10.4 Å². The van der Waals surface area contributed by atoms with Crippen LogP contribution in [0.15, 0.2) is 12.1 Å². The predicted molar refractivity (Wildman–Crippen MR) is 113 cm³/mol. The molecule has 170 valence electrons. The van der Waals surface area contributed by atoms with Crippen molar-refractivity contribution in [2.24, 2.45) is 0 Å². The number of aromatic hydroxyl groups is 1. The highest BCUT2D eigenvalue weighted by Gasteiger charge is 2.40. The van der Waals surface area contributed by atoms with Crippen LogP contribution in [0, 0.1) is 5.82 Å². The summed E-state index contributed by atoms with van der Waals surface area (Å²) in [5, 5.41) is 18.1. The number of aromatic nitrogens is 2. The lowest BCUT2D eigenvalue weighted by Crippen LogP contribution is -2.46. The molecule has 1 saturated carbocycles. The minimum Gasteiger partial charge on any atom is -0.503 e. The average Bonchev–Trinajstić information content (AvgIpc) is 3.50. The summed E-state index contributed by atoms with van der Waals surface area (Å²) in [6.45, 7) is 6.02. The van der Waals surface area contributed by atoms with Gasteiger partial charge in [-0.3, -0.25) is 9.69 Å². The molecule has 1 aromatic heterocycles. The Morgan fingerprint density at radius 2 is 2.06 bits per heavy atom. The second-order valence-corrected chi connectivity index (χ2v) is 9.75. The maximum Gasteiger partial charge on any atom is 0.410 e. The van der Waals surface area contributed by atoms with Crippen molar-refractivity contribution in [1.29, 1.82) is 0 Å². The fourth-order valence-corrected chi connectivity index (χ4v) is 4.64. The van der Waals surface area contributed by atoms with Gasteiger partial charge in [0.1, 0.15) is 11.3 Å². The van der Waals surface area contributed by atoms with E-state index in [1.807, 2.05) is 0 Å². The molecule has 2 N–H and O–H groups in total. The number of carbonyl (C=O) groups excluding carboxylic acids is 2. The molecule has 32 heavy (non-hydrogen) atoms. The van der Waals surface area contributed by atoms with Crippen molar-refractivity contribution in [3.8, 4) is 11.4 Å². The number of halogens is 1. The van der Waals surface area contributed by atoms with E-state index >= 15 is 0 Å². The second-order valence-electron chi connectivity index (χ2n) is 9.75. The van der Waals surface area contributed by atoms with Gasteiger partial charge in [-0.05, 0) is 51.2 Å². The van der Waals surface area contributed by atoms with Crippen LogP contribution in [0.4, 0.5) is 9.18 Å². The Balaban J connectivity index is 1.58. The van der Waals surface area contributed by atoms with Crippen molar-refractivity contribution < 1.29 is 23.8 Å². The Kier molecular flexibility index (Phi) is 4.69. The zero-order valence-corrected chi connectivity index (χ0v) is 18.4. The minimum atomic E-state index is -0.648. The number of phenols is 1. The van der Waals surface area contributed by atoms with Gasteiger partial charge in [-0.25, -0.2) is 13.9 Å². The third-order valence-electron chi connectivity index (χ3n) is 6.22. The number of hydrogen-bond acceptors (Lipinski definition) is 5. The summed E-state index contributed by atoms with van der Waals surface area (Å²) in [7, 11) is 0. The van der Waals surface area contributed by atoms with E-state index in [-0.39, 0.29) is 30.5 Å². The monoisotopic (exact) mass is 442 g/mol. The molecule has 1 atom stereocenters. The highest BCUT2D eigenvalue weighted by molar-refractivity contribution is 5.80. The Morgan fingerprint density at radius 1 is 1.31 bits per heavy atom. The normalized spacial score (nSPS) is 20.4. The van der Waals surface area contributed by atoms with Crippen LogP contribution in [0.1, 0.15) is 68.1 Å². The third kappa shape index (κ3) is 3.49. The molecule has 5 rings (SSSR count). The van der Waals surface area contributed by atoms with Gasteiger partial charge in [-0.1, -0.05) is 6.07 Å². The number of phenolic OH excluding ortho intramolecular Hbond substituents is 1. The van der Waals surface area contributed by atoms with Gasteiger partial charge in [0.15, 0.2) is 11.6 Å². The molecule has 2 aliphatic heterocycles. The number of hydrogen-bond donors (Lipinski definition) is 2. The zero-order valence-electron chi connectivity index (χ0n) is 18.4. The Bertz CT molecular complexity index is 1120. The summed E-state index contributed by atoms with van der Waals surface area (Å²) in [5.41, 5.74) is 2.20. The first-order chi connectivity index (χ1) is 15.1. The van der Waals surface area contributed by atoms with Gasteiger partial charge in [0, 0.05) is 25.1 Å². The molecule has 1 unspecified atom stereocenters. The molecule has 3 heterocycles. The number of nitrogens with one attached hydrogen (secondary N) is 1. The van der Waals surface area contributed by atoms with Crippen LogP contribution in [-0.2, 0) is 22.4 Å². The number of rotatable bonds is 2. The average molecular weight is 442 g/mol. The van der Waals surface area contributed by atoms with Crippen LogP contribution in [0.5, 0.6) is 5.75 Å². The van der Waals surface area contributed by atoms with Gasteiger partial charge in [-0.2, -0.15) is 5.10 Å². The lowest BCUT2D eigenvalue weighted by molar-refractivity contribution is -0.120. The van der Waals surface area contributed by atoms with Crippen molar-refractivity contribution in [2.75, 3.05) is 13.1 Å². The van der Waals surface area contributed by atoms with E-state index in [9.17, 15) is 19.1 Å². The van der Waals surface area contributed by atoms with E-state index in [0.717, 1.165) is 24.1 Å². The summed E-state index contributed by atoms with van der Waals surface area (Å²) >= 11 is 0. The maximum absolute atomic E-state index is 14.9. The number of benzene rings is 1. The molecule has 0 spiro atoms. The quantitative estimate of drug-likeness (QED) is 0.745. The molecule has 9 heteroatoms. The predicted octanol–water partition coefficient (Wildman–Crippen LogP) is 3.10. The van der Waals surface area contributed by atoms with Gasteiger partial charge in [0.2, 0.25) is 5.91 Å². The molecule has 3 aliphatic rings. The van der Waals surface area contributed by atoms with Crippen molar-refractivity contribution in [2.45, 2.75) is 64.0 Å². The lowest BCUT2D eigenvalue weighted by Gasteiger charge is -2.36. The molecule has 1 aliphatic carbocycles. The molecule has 8 nitrogen and oxygen atoms in total. The minimum absolute atomic E-state index is 0.0530. The molecule has 0 bridgehead atoms. The van der Waals surface area contributed by atoms with Gasteiger partial charge in [0.25, 0.3) is 0 Å². The first-order valence-electron chi connectivity index (χ1n) is 11.0. The molecule has 2 amide bonds. The molecule has 0 radical (unpaired) electrons. The molecule has 2 aromatic rings. The first-order valence-corrected chi connectivity index (χ1v) is 11.0. The van der Waals surface area contributed by atoms with Crippen LogP contribution in [-0.4, -0.2) is 50.5 Å². The molecule has 1 fully saturated rings. The van der Waals surface area contributed by atoms with Crippen LogP contribution >= 0.6 is 0 Å². The topological polar surface area (TPSA) is 96.7 Å². The SMILES string of the molecule is CC(C)(C)OC(=O)N1CCc2c3c(nn2-c2ccc(C4CC4)c(F)c2O)CC(=O)NCC31. The summed E-state index contributed by atoms with van der Waals surface area (Å²) in [6.07, 6.45) is 1.89. The zero-order chi connectivity index (χ0) is 22.8. The van der Waals surface area contributed by atoms with Crippen LogP contribution < -0.4 is 5.32 Å². The summed E-state index contributed by atoms with van der Waals surface area (Å²) in [5.74, 6) is -1.07. The van der Waals surface area contributed by atoms with Gasteiger partial charge in [0.05, 0.1) is 23.9 Å². The highest BCUT2D eigenvalue weighted by atomic mass is 19.1. The number of amides is 2. The number of nitrogens with zero attached hydrogens (tertiary/aromatic N) is 3. The lowest BCUT2D eigenvalue weighted by atomic mass is 9.96. The number of ether oxygens (including phenoxy) is 1. The smallest absolute Gasteiger partial charge is 0.410 e. The fraction of sp³-hybridized carbons (Fsp3) is 0.522. The Morgan fingerprint density at radius 3 is 2.75 bits per heavy atom. The number of carbonyl (C=O) groups is 2. The van der Waals surface area contributed by atoms with E-state index < -0.39 is 29.3 Å². The van der Waals surface area contributed by atoms with Gasteiger partial charge in [-0.15, -0.1) is 0 Å². The van der Waals surface area contributed by atoms with Crippen molar-refractivity contribution in [1.82, 2.24) is 20.0 Å². The summed E-state index contributed by atoms with van der Waals surface area (Å²) in [4.78, 5) is 26.8. The maximum atomic E-state index is 14.9. The molecule has 0 saturated heterocycles. The van der Waals surface area contributed by atoms with Gasteiger partial charge >= 0.3 is 6.09 Å². The molecular weight excluding hydrogens is 415 g/mol. The van der Waals surface area contributed by atoms with Crippen molar-refractivity contribution in [3.63, 3.8) is 0 Å². The Labute approximate surface area is 185 Å². The fourth-order valence-electron chi connectivity index (χ4n) is 4.64. The second kappa shape index (κ2) is 7.21. The van der Waals surface area contributed by atoms with Crippen LogP contribution in [0.2, 0.25) is 0 Å². The van der Waals surface area contributed by atoms with Crippen molar-refractivity contribution >= 4 is 12.0 Å². The summed E-state index contributed by atoms with van der Waals surface area (Å²) < 4.78 is 22.0. The van der Waals surface area contributed by atoms with Gasteiger partial charge < -0.3 is 15.2 Å². The molecular formula is C23H27FN4O4. The van der Waals surface area contributed by atoms with E-state index in [4.69, 9.17) is 4.74 Å². The van der Waals surface area contributed by atoms with E-state index in [1.54, 1.807) is 37.8 Å². The first kappa shape index (κ1) is 20.8. The largest absolute Gasteiger partial charge is 0.503 e. The third-order valence-corrected chi connectivity index (χ3v) is 6.22. The van der Waals surface area contributed by atoms with Crippen LogP contribution in [0.25, 0.3) is 5.69 Å².